The van der Waals surface area contributed by atoms with Crippen LogP contribution in [0.3, 0.4) is 0 Å². The fourth-order valence-corrected chi connectivity index (χ4v) is 1.81. The summed E-state index contributed by atoms with van der Waals surface area (Å²) in [7, 11) is 0. The quantitative estimate of drug-likeness (QED) is 0.837. The molecule has 1 aromatic rings. The maximum atomic E-state index is 12.9. The van der Waals surface area contributed by atoms with E-state index in [1.54, 1.807) is 0 Å². The third kappa shape index (κ3) is 2.52. The van der Waals surface area contributed by atoms with Gasteiger partial charge < -0.3 is 15.2 Å². The van der Waals surface area contributed by atoms with Crippen LogP contribution >= 0.6 is 0 Å². The van der Waals surface area contributed by atoms with Crippen LogP contribution in [0.2, 0.25) is 0 Å². The number of carboxylic acids is 1. The maximum absolute atomic E-state index is 12.9. The molecule has 1 aliphatic rings. The Hall–Kier alpha value is -1.69. The van der Waals surface area contributed by atoms with Gasteiger partial charge in [0.05, 0.1) is 18.3 Å². The molecule has 2 unspecified atom stereocenters. The Labute approximate surface area is 97.6 Å². The lowest BCUT2D eigenvalue weighted by Crippen LogP contribution is -2.28. The average Bonchev–Trinajstić information content (AvgIpc) is 2.67. The van der Waals surface area contributed by atoms with Crippen molar-refractivity contribution >= 4 is 11.8 Å². The molecular weight excluding hydrogens is 227 g/mol. The smallest absolute Gasteiger partial charge is 0.339 e. The minimum atomic E-state index is -1.20. The molecule has 2 rings (SSSR count). The Morgan fingerprint density at radius 3 is 3.06 bits per heavy atom. The summed E-state index contributed by atoms with van der Waals surface area (Å²) in [4.78, 5) is 14.7. The van der Waals surface area contributed by atoms with Gasteiger partial charge in [-0.3, -0.25) is 0 Å². The number of carbonyl (C=O) groups is 1. The van der Waals surface area contributed by atoms with E-state index in [0.29, 0.717) is 6.61 Å². The normalized spacial score (nSPS) is 23.6. The van der Waals surface area contributed by atoms with Crippen LogP contribution in [-0.2, 0) is 4.74 Å². The molecule has 92 valence electrons. The lowest BCUT2D eigenvalue weighted by Gasteiger charge is -2.17. The molecule has 5 nitrogen and oxygen atoms in total. The predicted molar refractivity (Wildman–Crippen MR) is 58.6 cm³/mol. The third-order valence-corrected chi connectivity index (χ3v) is 2.78. The van der Waals surface area contributed by atoms with Crippen molar-refractivity contribution in [2.75, 3.05) is 11.9 Å². The van der Waals surface area contributed by atoms with Gasteiger partial charge in [-0.25, -0.2) is 14.2 Å². The van der Waals surface area contributed by atoms with Gasteiger partial charge in [-0.1, -0.05) is 0 Å². The van der Waals surface area contributed by atoms with Crippen molar-refractivity contribution in [1.29, 1.82) is 0 Å². The van der Waals surface area contributed by atoms with E-state index in [4.69, 9.17) is 9.84 Å². The van der Waals surface area contributed by atoms with Crippen molar-refractivity contribution in [2.45, 2.75) is 25.5 Å². The largest absolute Gasteiger partial charge is 0.478 e. The second kappa shape index (κ2) is 4.67. The standard InChI is InChI=1S/C11H13FN2O3/c1-6-9(2-3-17-6)14-10-8(11(15)16)4-7(12)5-13-10/h4-6,9H,2-3H2,1H3,(H,13,14)(H,15,16). The van der Waals surface area contributed by atoms with E-state index in [0.717, 1.165) is 18.7 Å². The predicted octanol–water partition coefficient (Wildman–Crippen LogP) is 1.51. The van der Waals surface area contributed by atoms with Crippen LogP contribution in [0.1, 0.15) is 23.7 Å². The molecule has 0 saturated carbocycles. The molecule has 0 bridgehead atoms. The van der Waals surface area contributed by atoms with Gasteiger partial charge in [-0.05, 0) is 19.4 Å². The molecule has 0 amide bonds. The van der Waals surface area contributed by atoms with Crippen LogP contribution in [0.4, 0.5) is 10.2 Å². The molecule has 0 aliphatic carbocycles. The van der Waals surface area contributed by atoms with Crippen molar-refractivity contribution < 1.29 is 19.0 Å². The highest BCUT2D eigenvalue weighted by Gasteiger charge is 2.26. The Morgan fingerprint density at radius 1 is 1.71 bits per heavy atom. The minimum Gasteiger partial charge on any atom is -0.478 e. The van der Waals surface area contributed by atoms with Crippen molar-refractivity contribution in [3.05, 3.63) is 23.6 Å². The number of hydrogen-bond acceptors (Lipinski definition) is 4. The summed E-state index contributed by atoms with van der Waals surface area (Å²) in [6, 6.07) is 0.962. The highest BCUT2D eigenvalue weighted by molar-refractivity contribution is 5.93. The fraction of sp³-hybridized carbons (Fsp3) is 0.455. The first kappa shape index (κ1) is 11.8. The summed E-state index contributed by atoms with van der Waals surface area (Å²) >= 11 is 0. The lowest BCUT2D eigenvalue weighted by molar-refractivity contribution is 0.0696. The maximum Gasteiger partial charge on any atom is 0.339 e. The van der Waals surface area contributed by atoms with Crippen LogP contribution < -0.4 is 5.32 Å². The first-order valence-corrected chi connectivity index (χ1v) is 5.35. The minimum absolute atomic E-state index is 0.00561. The van der Waals surface area contributed by atoms with Gasteiger partial charge in [0.1, 0.15) is 17.2 Å². The van der Waals surface area contributed by atoms with E-state index in [9.17, 15) is 9.18 Å². The molecule has 1 aromatic heterocycles. The molecular formula is C11H13FN2O3. The topological polar surface area (TPSA) is 71.5 Å². The number of nitrogens with one attached hydrogen (secondary N) is 1. The van der Waals surface area contributed by atoms with Gasteiger partial charge in [0.25, 0.3) is 0 Å². The van der Waals surface area contributed by atoms with Gasteiger partial charge in [0.15, 0.2) is 0 Å². The molecule has 0 spiro atoms. The Morgan fingerprint density at radius 2 is 2.47 bits per heavy atom. The van der Waals surface area contributed by atoms with Crippen molar-refractivity contribution in [3.63, 3.8) is 0 Å². The number of nitrogens with zero attached hydrogens (tertiary/aromatic N) is 1. The molecule has 0 radical (unpaired) electrons. The van der Waals surface area contributed by atoms with Gasteiger partial charge in [-0.2, -0.15) is 0 Å². The summed E-state index contributed by atoms with van der Waals surface area (Å²) in [6.45, 7) is 2.52. The van der Waals surface area contributed by atoms with Crippen LogP contribution in [0.5, 0.6) is 0 Å². The molecule has 1 aliphatic heterocycles. The van der Waals surface area contributed by atoms with Crippen LogP contribution in [-0.4, -0.2) is 34.8 Å². The van der Waals surface area contributed by atoms with E-state index in [1.807, 2.05) is 6.92 Å². The molecule has 17 heavy (non-hydrogen) atoms. The molecule has 1 saturated heterocycles. The van der Waals surface area contributed by atoms with Crippen LogP contribution in [0.15, 0.2) is 12.3 Å². The van der Waals surface area contributed by atoms with Crippen molar-refractivity contribution in [2.24, 2.45) is 0 Å². The molecule has 2 atom stereocenters. The van der Waals surface area contributed by atoms with Crippen LogP contribution in [0, 0.1) is 5.82 Å². The number of anilines is 1. The molecule has 0 aromatic carbocycles. The van der Waals surface area contributed by atoms with E-state index in [2.05, 4.69) is 10.3 Å². The van der Waals surface area contributed by atoms with Gasteiger partial charge in [0, 0.05) is 6.61 Å². The van der Waals surface area contributed by atoms with E-state index in [-0.39, 0.29) is 23.5 Å². The second-order valence-electron chi connectivity index (χ2n) is 3.97. The molecule has 1 fully saturated rings. The zero-order valence-corrected chi connectivity index (χ0v) is 9.31. The first-order valence-electron chi connectivity index (χ1n) is 5.35. The number of carboxylic acid groups (broad SMARTS) is 1. The van der Waals surface area contributed by atoms with Crippen molar-refractivity contribution in [1.82, 2.24) is 4.98 Å². The molecule has 2 N–H and O–H groups in total. The summed E-state index contributed by atoms with van der Waals surface area (Å²) in [6.07, 6.45) is 1.76. The number of ether oxygens (including phenoxy) is 1. The number of aromatic carboxylic acids is 1. The fourth-order valence-electron chi connectivity index (χ4n) is 1.81. The van der Waals surface area contributed by atoms with Gasteiger partial charge in [0.2, 0.25) is 0 Å². The Balaban J connectivity index is 2.22. The second-order valence-corrected chi connectivity index (χ2v) is 3.97. The highest BCUT2D eigenvalue weighted by atomic mass is 19.1. The first-order chi connectivity index (χ1) is 8.08. The van der Waals surface area contributed by atoms with E-state index in [1.165, 1.54) is 0 Å². The zero-order valence-electron chi connectivity index (χ0n) is 9.31. The van der Waals surface area contributed by atoms with Gasteiger partial charge in [-0.15, -0.1) is 0 Å². The number of pyridine rings is 1. The Bertz CT molecular complexity index is 439. The third-order valence-electron chi connectivity index (χ3n) is 2.78. The number of rotatable bonds is 3. The Kier molecular flexibility index (Phi) is 3.23. The number of aromatic nitrogens is 1. The van der Waals surface area contributed by atoms with E-state index < -0.39 is 11.8 Å². The monoisotopic (exact) mass is 240 g/mol. The summed E-state index contributed by atoms with van der Waals surface area (Å²) in [5, 5.41) is 11.9. The van der Waals surface area contributed by atoms with Crippen LogP contribution in [0.25, 0.3) is 0 Å². The summed E-state index contributed by atoms with van der Waals surface area (Å²) in [5.41, 5.74) is -0.163. The summed E-state index contributed by atoms with van der Waals surface area (Å²) in [5.74, 6) is -1.68. The zero-order chi connectivity index (χ0) is 12.4. The van der Waals surface area contributed by atoms with Gasteiger partial charge >= 0.3 is 5.97 Å². The average molecular weight is 240 g/mol. The highest BCUT2D eigenvalue weighted by Crippen LogP contribution is 2.20. The molecule has 6 heteroatoms. The molecule has 2 heterocycles. The number of hydrogen-bond donors (Lipinski definition) is 2. The van der Waals surface area contributed by atoms with Crippen molar-refractivity contribution in [3.8, 4) is 0 Å². The SMILES string of the molecule is CC1OCCC1Nc1ncc(F)cc1C(=O)O. The lowest BCUT2D eigenvalue weighted by atomic mass is 10.1. The summed E-state index contributed by atoms with van der Waals surface area (Å²) < 4.78 is 18.3. The number of halogens is 1. The van der Waals surface area contributed by atoms with E-state index >= 15 is 0 Å².